The van der Waals surface area contributed by atoms with Crippen LogP contribution < -0.4 is 11.5 Å². The van der Waals surface area contributed by atoms with Gasteiger partial charge in [0.15, 0.2) is 0 Å². The van der Waals surface area contributed by atoms with Gasteiger partial charge in [-0.1, -0.05) is 6.92 Å². The molecule has 9 heteroatoms. The Morgan fingerprint density at radius 2 is 2.23 bits per heavy atom. The molecule has 0 aromatic carbocycles. The van der Waals surface area contributed by atoms with Crippen molar-refractivity contribution in [3.05, 3.63) is 18.1 Å². The molecule has 22 heavy (non-hydrogen) atoms. The molecule has 0 saturated carbocycles. The van der Waals surface area contributed by atoms with Crippen molar-refractivity contribution in [2.75, 3.05) is 12.3 Å². The fourth-order valence-corrected chi connectivity index (χ4v) is 2.85. The Labute approximate surface area is 125 Å². The highest BCUT2D eigenvalue weighted by Crippen LogP contribution is 2.37. The average molecular weight is 307 g/mol. The zero-order valence-corrected chi connectivity index (χ0v) is 11.9. The number of amides is 1. The van der Waals surface area contributed by atoms with E-state index in [1.165, 1.54) is 12.5 Å². The number of hydrogen-bond donors (Lipinski definition) is 4. The summed E-state index contributed by atoms with van der Waals surface area (Å²) in [5.74, 6) is -0.831. The number of rotatable bonds is 3. The minimum absolute atomic E-state index is 0.141. The number of fused-ring (bicyclic) bond motifs is 1. The number of aliphatic hydroxyl groups excluding tert-OH is 2. The summed E-state index contributed by atoms with van der Waals surface area (Å²) in [6, 6.07) is 0. The number of aromatic nitrogens is 3. The number of carbonyl (C=O) groups is 1. The summed E-state index contributed by atoms with van der Waals surface area (Å²) in [6.07, 6.45) is 0.638. The van der Waals surface area contributed by atoms with Gasteiger partial charge in [0.25, 0.3) is 5.91 Å². The van der Waals surface area contributed by atoms with Crippen LogP contribution in [0.25, 0.3) is 11.0 Å². The molecule has 0 spiro atoms. The third kappa shape index (κ3) is 2.02. The van der Waals surface area contributed by atoms with Gasteiger partial charge in [0.05, 0.1) is 23.7 Å². The smallest absolute Gasteiger partial charge is 0.251 e. The molecule has 0 aliphatic carbocycles. The lowest BCUT2D eigenvalue weighted by atomic mass is 10.0. The quantitative estimate of drug-likeness (QED) is 0.568. The number of nitrogens with zero attached hydrogens (tertiary/aromatic N) is 3. The molecule has 1 amide bonds. The number of nitrogens with two attached hydrogens (primary N) is 2. The summed E-state index contributed by atoms with van der Waals surface area (Å²) in [4.78, 5) is 19.6. The van der Waals surface area contributed by atoms with Crippen molar-refractivity contribution in [2.24, 2.45) is 11.7 Å². The van der Waals surface area contributed by atoms with Crippen LogP contribution in [0.3, 0.4) is 0 Å². The zero-order valence-electron chi connectivity index (χ0n) is 11.9. The molecule has 118 valence electrons. The molecular weight excluding hydrogens is 290 g/mol. The Hall–Kier alpha value is -2.23. The molecule has 1 fully saturated rings. The standard InChI is InChI=1S/C13H17N5O4/c1-5-9(20)7(3-19)22-13(5)18-2-6(11(15)21)8-10(14)16-4-17-12(8)18/h2,4-5,7,9,13,19-20H,3H2,1H3,(H2,15,21)(H2,14,16,17)/t5-,7-,9+,13-/m1/s1. The molecular formula is C13H17N5O4. The van der Waals surface area contributed by atoms with E-state index in [1.807, 2.05) is 0 Å². The minimum atomic E-state index is -0.830. The number of primary amides is 1. The van der Waals surface area contributed by atoms with E-state index in [-0.39, 0.29) is 23.9 Å². The molecule has 0 bridgehead atoms. The van der Waals surface area contributed by atoms with Gasteiger partial charge in [-0.05, 0) is 0 Å². The molecule has 2 aromatic heterocycles. The Balaban J connectivity index is 2.16. The van der Waals surface area contributed by atoms with Crippen molar-refractivity contribution in [2.45, 2.75) is 25.4 Å². The van der Waals surface area contributed by atoms with Crippen LogP contribution in [0.4, 0.5) is 5.82 Å². The van der Waals surface area contributed by atoms with Gasteiger partial charge in [-0.25, -0.2) is 9.97 Å². The van der Waals surface area contributed by atoms with Gasteiger partial charge in [-0.2, -0.15) is 0 Å². The number of ether oxygens (including phenoxy) is 1. The highest BCUT2D eigenvalue weighted by atomic mass is 16.5. The number of carbonyl (C=O) groups excluding carboxylic acids is 1. The molecule has 1 saturated heterocycles. The Morgan fingerprint density at radius 3 is 2.82 bits per heavy atom. The maximum atomic E-state index is 11.6. The van der Waals surface area contributed by atoms with Crippen molar-refractivity contribution in [1.82, 2.24) is 14.5 Å². The third-order valence-electron chi connectivity index (χ3n) is 4.04. The monoisotopic (exact) mass is 307 g/mol. The van der Waals surface area contributed by atoms with Gasteiger partial charge < -0.3 is 31.0 Å². The Bertz CT molecular complexity index is 731. The SMILES string of the molecule is C[C@@H]1[C@H](O)[C@@H](CO)O[C@H]1n1cc(C(N)=O)c2c(N)ncnc21. The molecule has 6 N–H and O–H groups in total. The zero-order chi connectivity index (χ0) is 16.0. The minimum Gasteiger partial charge on any atom is -0.394 e. The van der Waals surface area contributed by atoms with Crippen molar-refractivity contribution in [3.63, 3.8) is 0 Å². The summed E-state index contributed by atoms with van der Waals surface area (Å²) in [5, 5.41) is 19.7. The first-order valence-corrected chi connectivity index (χ1v) is 6.81. The molecule has 4 atom stereocenters. The van der Waals surface area contributed by atoms with Crippen LogP contribution in [0.1, 0.15) is 23.5 Å². The summed E-state index contributed by atoms with van der Waals surface area (Å²) >= 11 is 0. The van der Waals surface area contributed by atoms with Gasteiger partial charge in [-0.3, -0.25) is 4.79 Å². The number of anilines is 1. The first-order chi connectivity index (χ1) is 10.5. The van der Waals surface area contributed by atoms with Crippen LogP contribution in [0.2, 0.25) is 0 Å². The van der Waals surface area contributed by atoms with Crippen LogP contribution >= 0.6 is 0 Å². The summed E-state index contributed by atoms with van der Waals surface area (Å²) in [6.45, 7) is 1.48. The van der Waals surface area contributed by atoms with Crippen LogP contribution in [0, 0.1) is 5.92 Å². The maximum Gasteiger partial charge on any atom is 0.251 e. The van der Waals surface area contributed by atoms with E-state index in [4.69, 9.17) is 16.2 Å². The molecule has 1 aliphatic rings. The fraction of sp³-hybridized carbons (Fsp3) is 0.462. The second-order valence-electron chi connectivity index (χ2n) is 5.37. The average Bonchev–Trinajstić information content (AvgIpc) is 3.00. The number of nitrogen functional groups attached to an aromatic ring is 1. The topological polar surface area (TPSA) is 150 Å². The first-order valence-electron chi connectivity index (χ1n) is 6.81. The van der Waals surface area contributed by atoms with Crippen molar-refractivity contribution < 1.29 is 19.7 Å². The first kappa shape index (κ1) is 14.7. The largest absolute Gasteiger partial charge is 0.394 e. The maximum absolute atomic E-state index is 11.6. The van der Waals surface area contributed by atoms with Crippen molar-refractivity contribution in [3.8, 4) is 0 Å². The van der Waals surface area contributed by atoms with Crippen molar-refractivity contribution >= 4 is 22.8 Å². The summed E-state index contributed by atoms with van der Waals surface area (Å²) < 4.78 is 7.27. The predicted molar refractivity (Wildman–Crippen MR) is 76.6 cm³/mol. The molecule has 2 aromatic rings. The number of aliphatic hydroxyl groups is 2. The second kappa shape index (κ2) is 5.20. The highest BCUT2D eigenvalue weighted by molar-refractivity contribution is 6.08. The highest BCUT2D eigenvalue weighted by Gasteiger charge is 2.42. The predicted octanol–water partition coefficient (Wildman–Crippen LogP) is -1.00. The van der Waals surface area contributed by atoms with E-state index >= 15 is 0 Å². The van der Waals surface area contributed by atoms with Crippen LogP contribution in [-0.2, 0) is 4.74 Å². The van der Waals surface area contributed by atoms with Crippen LogP contribution in [0.5, 0.6) is 0 Å². The van der Waals surface area contributed by atoms with Crippen LogP contribution in [-0.4, -0.2) is 49.5 Å². The van der Waals surface area contributed by atoms with Gasteiger partial charge in [0.2, 0.25) is 0 Å². The van der Waals surface area contributed by atoms with Gasteiger partial charge in [-0.15, -0.1) is 0 Å². The normalized spacial score (nSPS) is 28.3. The molecule has 0 unspecified atom stereocenters. The van der Waals surface area contributed by atoms with E-state index in [1.54, 1.807) is 11.5 Å². The van der Waals surface area contributed by atoms with E-state index in [0.29, 0.717) is 11.0 Å². The van der Waals surface area contributed by atoms with Crippen molar-refractivity contribution in [1.29, 1.82) is 0 Å². The third-order valence-corrected chi connectivity index (χ3v) is 4.04. The molecule has 9 nitrogen and oxygen atoms in total. The van der Waals surface area contributed by atoms with E-state index in [0.717, 1.165) is 0 Å². The lowest BCUT2D eigenvalue weighted by Crippen LogP contribution is -2.28. The molecule has 3 heterocycles. The van der Waals surface area contributed by atoms with E-state index in [9.17, 15) is 15.0 Å². The molecule has 0 radical (unpaired) electrons. The lowest BCUT2D eigenvalue weighted by Gasteiger charge is -2.18. The lowest BCUT2D eigenvalue weighted by molar-refractivity contribution is -0.0445. The van der Waals surface area contributed by atoms with Gasteiger partial charge in [0, 0.05) is 12.1 Å². The molecule has 1 aliphatic heterocycles. The Kier molecular flexibility index (Phi) is 3.47. The van der Waals surface area contributed by atoms with E-state index < -0.39 is 24.3 Å². The van der Waals surface area contributed by atoms with E-state index in [2.05, 4.69) is 9.97 Å². The fourth-order valence-electron chi connectivity index (χ4n) is 2.85. The van der Waals surface area contributed by atoms with Gasteiger partial charge in [0.1, 0.15) is 30.1 Å². The number of hydrogen-bond acceptors (Lipinski definition) is 7. The van der Waals surface area contributed by atoms with Crippen LogP contribution in [0.15, 0.2) is 12.5 Å². The van der Waals surface area contributed by atoms with Gasteiger partial charge >= 0.3 is 0 Å². The summed E-state index contributed by atoms with van der Waals surface area (Å²) in [7, 11) is 0. The Morgan fingerprint density at radius 1 is 1.50 bits per heavy atom. The summed E-state index contributed by atoms with van der Waals surface area (Å²) in [5.41, 5.74) is 11.8. The molecule has 3 rings (SSSR count). The second-order valence-corrected chi connectivity index (χ2v) is 5.37.